The molecule has 0 fully saturated rings. The maximum absolute atomic E-state index is 12.5. The van der Waals surface area contributed by atoms with Gasteiger partial charge in [-0.1, -0.05) is 147 Å². The van der Waals surface area contributed by atoms with Crippen LogP contribution in [-0.2, 0) is 14.3 Å². The van der Waals surface area contributed by atoms with E-state index in [0.717, 1.165) is 44.9 Å². The molecule has 0 saturated heterocycles. The van der Waals surface area contributed by atoms with E-state index in [1.54, 1.807) is 0 Å². The van der Waals surface area contributed by atoms with Gasteiger partial charge >= 0.3 is 11.9 Å². The second-order valence-corrected chi connectivity index (χ2v) is 12.0. The Morgan fingerprint density at radius 3 is 1.60 bits per heavy atom. The summed E-state index contributed by atoms with van der Waals surface area (Å²) in [5, 5.41) is 8.99. The number of allylic oxidation sites excluding steroid dienone is 6. The molecule has 0 spiro atoms. The third kappa shape index (κ3) is 32.7. The zero-order chi connectivity index (χ0) is 30.8. The summed E-state index contributed by atoms with van der Waals surface area (Å²) in [4.78, 5) is 23.4. The third-order valence-corrected chi connectivity index (χ3v) is 7.88. The lowest BCUT2D eigenvalue weighted by molar-refractivity contribution is -0.150. The molecule has 0 radical (unpaired) electrons. The van der Waals surface area contributed by atoms with Crippen molar-refractivity contribution in [2.75, 3.05) is 0 Å². The van der Waals surface area contributed by atoms with Gasteiger partial charge in [0.05, 0.1) is 0 Å². The minimum absolute atomic E-state index is 0.0996. The van der Waals surface area contributed by atoms with E-state index in [0.29, 0.717) is 19.3 Å². The second kappa shape index (κ2) is 33.7. The molecule has 1 N–H and O–H groups in total. The van der Waals surface area contributed by atoms with E-state index >= 15 is 0 Å². The highest BCUT2D eigenvalue weighted by atomic mass is 16.5. The zero-order valence-corrected chi connectivity index (χ0v) is 27.8. The van der Waals surface area contributed by atoms with Gasteiger partial charge in [0.25, 0.3) is 0 Å². The van der Waals surface area contributed by atoms with E-state index in [-0.39, 0.29) is 18.5 Å². The van der Waals surface area contributed by atoms with Crippen molar-refractivity contribution in [2.24, 2.45) is 0 Å². The summed E-state index contributed by atoms with van der Waals surface area (Å²) in [6.07, 6.45) is 42.9. The van der Waals surface area contributed by atoms with Gasteiger partial charge in [0.15, 0.2) is 0 Å². The van der Waals surface area contributed by atoms with Crippen LogP contribution in [0.1, 0.15) is 187 Å². The Hall–Kier alpha value is -1.84. The number of aliphatic carboxylic acids is 1. The molecule has 0 aromatic rings. The summed E-state index contributed by atoms with van der Waals surface area (Å²) in [6, 6.07) is 0. The predicted molar refractivity (Wildman–Crippen MR) is 181 cm³/mol. The quantitative estimate of drug-likeness (QED) is 0.0482. The van der Waals surface area contributed by atoms with E-state index in [1.807, 2.05) is 0 Å². The van der Waals surface area contributed by atoms with Crippen LogP contribution in [0.5, 0.6) is 0 Å². The van der Waals surface area contributed by atoms with Crippen LogP contribution in [-0.4, -0.2) is 23.1 Å². The Balaban J connectivity index is 3.84. The van der Waals surface area contributed by atoms with Gasteiger partial charge in [-0.15, -0.1) is 0 Å². The van der Waals surface area contributed by atoms with Gasteiger partial charge in [-0.2, -0.15) is 0 Å². The molecule has 0 aromatic carbocycles. The lowest BCUT2D eigenvalue weighted by Gasteiger charge is -2.18. The van der Waals surface area contributed by atoms with E-state index in [1.165, 1.54) is 103 Å². The molecule has 4 nitrogen and oxygen atoms in total. The van der Waals surface area contributed by atoms with Crippen LogP contribution in [0, 0.1) is 0 Å². The van der Waals surface area contributed by atoms with E-state index < -0.39 is 5.97 Å². The van der Waals surface area contributed by atoms with Crippen LogP contribution in [0.15, 0.2) is 36.5 Å². The number of carboxylic acid groups (broad SMARTS) is 1. The van der Waals surface area contributed by atoms with E-state index in [2.05, 4.69) is 50.3 Å². The molecule has 244 valence electrons. The summed E-state index contributed by atoms with van der Waals surface area (Å²) in [7, 11) is 0. The molecule has 42 heavy (non-hydrogen) atoms. The molecule has 4 heteroatoms. The fourth-order valence-corrected chi connectivity index (χ4v) is 5.27. The fourth-order valence-electron chi connectivity index (χ4n) is 5.27. The van der Waals surface area contributed by atoms with Crippen molar-refractivity contribution >= 4 is 11.9 Å². The van der Waals surface area contributed by atoms with Crippen LogP contribution in [0.25, 0.3) is 0 Å². The Bertz CT molecular complexity index is 679. The topological polar surface area (TPSA) is 63.6 Å². The smallest absolute Gasteiger partial charge is 0.306 e. The van der Waals surface area contributed by atoms with Crippen LogP contribution in [0.2, 0.25) is 0 Å². The van der Waals surface area contributed by atoms with Gasteiger partial charge in [0.2, 0.25) is 0 Å². The maximum Gasteiger partial charge on any atom is 0.306 e. The van der Waals surface area contributed by atoms with Crippen molar-refractivity contribution in [3.05, 3.63) is 36.5 Å². The number of carbonyl (C=O) groups is 2. The summed E-state index contributed by atoms with van der Waals surface area (Å²) in [5.41, 5.74) is 0. The lowest BCUT2D eigenvalue weighted by Crippen LogP contribution is -2.18. The molecule has 0 aliphatic carbocycles. The molecule has 0 bridgehead atoms. The maximum atomic E-state index is 12.5. The normalized spacial score (nSPS) is 12.6. The second-order valence-electron chi connectivity index (χ2n) is 12.0. The van der Waals surface area contributed by atoms with Crippen LogP contribution < -0.4 is 0 Å². The third-order valence-electron chi connectivity index (χ3n) is 7.88. The van der Waals surface area contributed by atoms with Crippen molar-refractivity contribution in [2.45, 2.75) is 193 Å². The van der Waals surface area contributed by atoms with Crippen molar-refractivity contribution in [1.29, 1.82) is 0 Å². The Morgan fingerprint density at radius 2 is 1.02 bits per heavy atom. The summed E-state index contributed by atoms with van der Waals surface area (Å²) < 4.78 is 5.81. The Kier molecular flexibility index (Phi) is 32.2. The molecule has 0 heterocycles. The Labute approximate surface area is 260 Å². The highest BCUT2D eigenvalue weighted by Gasteiger charge is 2.15. The monoisotopic (exact) mass is 589 g/mol. The van der Waals surface area contributed by atoms with Crippen molar-refractivity contribution in [1.82, 2.24) is 0 Å². The van der Waals surface area contributed by atoms with Gasteiger partial charge in [-0.05, 0) is 64.2 Å². The molecular formula is C38H68O4. The van der Waals surface area contributed by atoms with Gasteiger partial charge in [0.1, 0.15) is 6.10 Å². The summed E-state index contributed by atoms with van der Waals surface area (Å²) >= 11 is 0. The standard InChI is InChI=1S/C38H68O4/c1-3-5-7-9-11-13-15-16-17-18-19-20-22-24-26-28-30-35-38(41)42-36(33-31-34-37(39)40)32-29-27-25-23-21-14-12-10-8-6-4-2/h5,7,11,13,16-17,36H,3-4,6,8-10,12,14-15,18-35H2,1-2H3,(H,39,40)/b7-5-,13-11-,17-16-. The molecular weight excluding hydrogens is 520 g/mol. The first kappa shape index (κ1) is 40.2. The number of hydrogen-bond acceptors (Lipinski definition) is 3. The number of carbonyl (C=O) groups excluding carboxylic acids is 1. The van der Waals surface area contributed by atoms with E-state index in [9.17, 15) is 9.59 Å². The van der Waals surface area contributed by atoms with Gasteiger partial charge < -0.3 is 9.84 Å². The van der Waals surface area contributed by atoms with Crippen LogP contribution in [0.4, 0.5) is 0 Å². The summed E-state index contributed by atoms with van der Waals surface area (Å²) in [5.74, 6) is -0.873. The highest BCUT2D eigenvalue weighted by Crippen LogP contribution is 2.18. The molecule has 0 rings (SSSR count). The number of rotatable bonds is 32. The number of esters is 1. The van der Waals surface area contributed by atoms with Crippen LogP contribution in [0.3, 0.4) is 0 Å². The molecule has 0 aromatic heterocycles. The molecule has 0 amide bonds. The SMILES string of the molecule is CC/C=C\C/C=C\C/C=C\CCCCCCCCCC(=O)OC(CCCCCCCCCCCCC)CCCC(=O)O. The lowest BCUT2D eigenvalue weighted by atomic mass is 10.0. The van der Waals surface area contributed by atoms with Gasteiger partial charge in [0, 0.05) is 12.8 Å². The Morgan fingerprint density at radius 1 is 0.548 bits per heavy atom. The molecule has 1 unspecified atom stereocenters. The molecule has 0 saturated carbocycles. The number of carboxylic acids is 1. The number of unbranched alkanes of at least 4 members (excludes halogenated alkanes) is 17. The van der Waals surface area contributed by atoms with Crippen molar-refractivity contribution in [3.63, 3.8) is 0 Å². The minimum Gasteiger partial charge on any atom is -0.481 e. The van der Waals surface area contributed by atoms with Crippen molar-refractivity contribution in [3.8, 4) is 0 Å². The predicted octanol–water partition coefficient (Wildman–Crippen LogP) is 12.2. The van der Waals surface area contributed by atoms with Gasteiger partial charge in [-0.3, -0.25) is 9.59 Å². The average Bonchev–Trinajstić information content (AvgIpc) is 2.97. The first-order chi connectivity index (χ1) is 20.6. The first-order valence-electron chi connectivity index (χ1n) is 18.0. The fraction of sp³-hybridized carbons (Fsp3) is 0.789. The average molecular weight is 589 g/mol. The van der Waals surface area contributed by atoms with Crippen LogP contribution >= 0.6 is 0 Å². The summed E-state index contributed by atoms with van der Waals surface area (Å²) in [6.45, 7) is 4.42. The minimum atomic E-state index is -0.773. The largest absolute Gasteiger partial charge is 0.481 e. The molecule has 0 aliphatic heterocycles. The van der Waals surface area contributed by atoms with Gasteiger partial charge in [-0.25, -0.2) is 0 Å². The molecule has 1 atom stereocenters. The van der Waals surface area contributed by atoms with E-state index in [4.69, 9.17) is 9.84 Å². The first-order valence-corrected chi connectivity index (χ1v) is 18.0. The number of hydrogen-bond donors (Lipinski definition) is 1. The highest BCUT2D eigenvalue weighted by molar-refractivity contribution is 5.69. The molecule has 0 aliphatic rings. The number of ether oxygens (including phenoxy) is 1. The van der Waals surface area contributed by atoms with Crippen molar-refractivity contribution < 1.29 is 19.4 Å². The zero-order valence-electron chi connectivity index (χ0n) is 27.8.